The maximum absolute atomic E-state index is 12.9. The summed E-state index contributed by atoms with van der Waals surface area (Å²) in [5.74, 6) is -0.768. The number of hydrogen-bond acceptors (Lipinski definition) is 7. The number of phosphoric ester groups is 1. The molecule has 2 unspecified atom stereocenters. The Kier molecular flexibility index (Phi) is 76.9. The molecular formula is C87H169NO8P+. The number of carbonyl (C=O) groups excluding carboxylic acids is 2. The smallest absolute Gasteiger partial charge is 0.462 e. The molecule has 0 aliphatic carbocycles. The second-order valence-corrected chi connectivity index (χ2v) is 32.4. The van der Waals surface area contributed by atoms with Gasteiger partial charge in [-0.3, -0.25) is 18.6 Å². The van der Waals surface area contributed by atoms with Gasteiger partial charge in [-0.05, 0) is 51.4 Å². The number of phosphoric acid groups is 1. The van der Waals surface area contributed by atoms with Gasteiger partial charge in [0.2, 0.25) is 0 Å². The molecule has 0 heterocycles. The molecule has 0 fully saturated rings. The molecule has 0 saturated carbocycles. The van der Waals surface area contributed by atoms with Crippen molar-refractivity contribution in [3.63, 3.8) is 0 Å². The average molecular weight is 1390 g/mol. The van der Waals surface area contributed by atoms with Crippen molar-refractivity contribution in [2.24, 2.45) is 0 Å². The van der Waals surface area contributed by atoms with Crippen LogP contribution in [-0.4, -0.2) is 74.9 Å². The van der Waals surface area contributed by atoms with E-state index in [0.29, 0.717) is 23.9 Å². The van der Waals surface area contributed by atoms with Gasteiger partial charge in [0.05, 0.1) is 27.7 Å². The molecule has 2 atom stereocenters. The fourth-order valence-electron chi connectivity index (χ4n) is 13.3. The first-order valence-electron chi connectivity index (χ1n) is 43.2. The number of ether oxygens (including phenoxy) is 2. The number of allylic oxidation sites excluding steroid dienone is 6. The molecule has 0 amide bonds. The number of carbonyl (C=O) groups is 2. The second-order valence-electron chi connectivity index (χ2n) is 30.9. The van der Waals surface area contributed by atoms with E-state index in [-0.39, 0.29) is 25.6 Å². The van der Waals surface area contributed by atoms with Crippen LogP contribution in [0.3, 0.4) is 0 Å². The molecule has 0 aliphatic heterocycles. The van der Waals surface area contributed by atoms with E-state index >= 15 is 0 Å². The Hall–Kier alpha value is -1.77. The second kappa shape index (κ2) is 78.4. The van der Waals surface area contributed by atoms with Crippen molar-refractivity contribution in [3.05, 3.63) is 36.5 Å². The third kappa shape index (κ3) is 83.1. The highest BCUT2D eigenvalue weighted by atomic mass is 31.2. The van der Waals surface area contributed by atoms with Gasteiger partial charge >= 0.3 is 19.8 Å². The SMILES string of the molecule is CCCCCCC/C=C\C/C=C\C/C=C\CCCCCCCCCCCCCCCCCCCCCCCCCCC(=O)OC(COC(=O)CCCCCCCCCCCCCCCCCCCCCCCCCCCCCCCCCCCC)COP(=O)(O)OCC[N+](C)(C)C. The van der Waals surface area contributed by atoms with Gasteiger partial charge in [0, 0.05) is 12.8 Å². The van der Waals surface area contributed by atoms with E-state index in [4.69, 9.17) is 18.5 Å². The lowest BCUT2D eigenvalue weighted by Gasteiger charge is -2.24. The van der Waals surface area contributed by atoms with Gasteiger partial charge in [-0.15, -0.1) is 0 Å². The van der Waals surface area contributed by atoms with E-state index < -0.39 is 26.5 Å². The topological polar surface area (TPSA) is 108 Å². The largest absolute Gasteiger partial charge is 0.472 e. The number of esters is 2. The number of rotatable bonds is 82. The Balaban J connectivity index is 3.86. The molecule has 0 aromatic rings. The van der Waals surface area contributed by atoms with Gasteiger partial charge in [-0.25, -0.2) is 4.57 Å². The van der Waals surface area contributed by atoms with Crippen LogP contribution >= 0.6 is 7.82 Å². The van der Waals surface area contributed by atoms with E-state index in [1.165, 1.54) is 379 Å². The van der Waals surface area contributed by atoms with Gasteiger partial charge in [0.15, 0.2) is 6.10 Å². The fourth-order valence-corrected chi connectivity index (χ4v) is 14.1. The zero-order chi connectivity index (χ0) is 70.4. The number of unbranched alkanes of at least 4 members (excludes halogenated alkanes) is 62. The summed E-state index contributed by atoms with van der Waals surface area (Å²) in [6, 6.07) is 0. The first-order chi connectivity index (χ1) is 47.5. The predicted octanol–water partition coefficient (Wildman–Crippen LogP) is 28.9. The Morgan fingerprint density at radius 1 is 0.320 bits per heavy atom. The van der Waals surface area contributed by atoms with Crippen molar-refractivity contribution < 1.29 is 42.1 Å². The van der Waals surface area contributed by atoms with Crippen LogP contribution in [0.2, 0.25) is 0 Å². The van der Waals surface area contributed by atoms with Crippen molar-refractivity contribution in [2.45, 2.75) is 463 Å². The van der Waals surface area contributed by atoms with E-state index in [0.717, 1.165) is 44.9 Å². The van der Waals surface area contributed by atoms with Crippen LogP contribution in [0.1, 0.15) is 457 Å². The summed E-state index contributed by atoms with van der Waals surface area (Å²) >= 11 is 0. The monoisotopic (exact) mass is 1390 g/mol. The first kappa shape index (κ1) is 95.2. The van der Waals surface area contributed by atoms with Crippen LogP contribution in [0.15, 0.2) is 36.5 Å². The molecule has 9 nitrogen and oxygen atoms in total. The molecular weight excluding hydrogens is 1220 g/mol. The van der Waals surface area contributed by atoms with Crippen LogP contribution < -0.4 is 0 Å². The van der Waals surface area contributed by atoms with Gasteiger partial charge in [-0.2, -0.15) is 0 Å². The zero-order valence-electron chi connectivity index (χ0n) is 65.9. The average Bonchev–Trinajstić information content (AvgIpc) is 1.69. The normalized spacial score (nSPS) is 13.1. The van der Waals surface area contributed by atoms with Crippen LogP contribution in [0.25, 0.3) is 0 Å². The first-order valence-corrected chi connectivity index (χ1v) is 44.7. The molecule has 0 aromatic heterocycles. The molecule has 0 radical (unpaired) electrons. The van der Waals surface area contributed by atoms with Gasteiger partial charge in [0.1, 0.15) is 19.8 Å². The highest BCUT2D eigenvalue weighted by Crippen LogP contribution is 2.43. The van der Waals surface area contributed by atoms with Crippen LogP contribution in [0.4, 0.5) is 0 Å². The van der Waals surface area contributed by atoms with Gasteiger partial charge < -0.3 is 18.9 Å². The standard InChI is InChI=1S/C87H168NO8P/c1-6-8-10-12-14-16-18-20-22-24-26-28-30-32-34-36-38-40-42-43-44-45-46-48-50-52-54-56-58-60-62-64-66-68-70-72-74-76-78-80-87(90)96-85(84-95-97(91,92)94-82-81-88(3,4)5)83-93-86(89)79-77-75-73-71-69-67-65-63-61-59-57-55-53-51-49-47-41-39-37-35-33-31-29-27-25-23-21-19-17-15-13-11-9-7-2/h18,20,24,26,30,32,85H,6-17,19,21-23,25,27-29,31,33-84H2,1-5H3/p+1/b20-18-,26-24-,32-30-. The van der Waals surface area contributed by atoms with Gasteiger partial charge in [-0.1, -0.05) is 429 Å². The minimum atomic E-state index is -4.39. The highest BCUT2D eigenvalue weighted by molar-refractivity contribution is 7.47. The molecule has 574 valence electrons. The lowest BCUT2D eigenvalue weighted by Crippen LogP contribution is -2.37. The molecule has 0 spiro atoms. The van der Waals surface area contributed by atoms with Crippen molar-refractivity contribution in [2.75, 3.05) is 47.5 Å². The summed E-state index contributed by atoms with van der Waals surface area (Å²) in [6.07, 6.45) is 103. The molecule has 0 rings (SSSR count). The summed E-state index contributed by atoms with van der Waals surface area (Å²) in [4.78, 5) is 36.0. The predicted molar refractivity (Wildman–Crippen MR) is 423 cm³/mol. The summed E-state index contributed by atoms with van der Waals surface area (Å²) < 4.78 is 34.9. The molecule has 0 aliphatic rings. The summed E-state index contributed by atoms with van der Waals surface area (Å²) in [6.45, 7) is 4.52. The maximum Gasteiger partial charge on any atom is 0.472 e. The number of quaternary nitrogens is 1. The van der Waals surface area contributed by atoms with Gasteiger partial charge in [0.25, 0.3) is 0 Å². The minimum absolute atomic E-state index is 0.0359. The molecule has 97 heavy (non-hydrogen) atoms. The van der Waals surface area contributed by atoms with Crippen LogP contribution in [0.5, 0.6) is 0 Å². The summed E-state index contributed by atoms with van der Waals surface area (Å²) in [7, 11) is 1.51. The van der Waals surface area contributed by atoms with E-state index in [9.17, 15) is 19.0 Å². The lowest BCUT2D eigenvalue weighted by molar-refractivity contribution is -0.870. The third-order valence-corrected chi connectivity index (χ3v) is 20.9. The zero-order valence-corrected chi connectivity index (χ0v) is 66.8. The van der Waals surface area contributed by atoms with E-state index in [2.05, 4.69) is 50.3 Å². The molecule has 0 bridgehead atoms. The van der Waals surface area contributed by atoms with E-state index in [1.807, 2.05) is 21.1 Å². The fraction of sp³-hybridized carbons (Fsp3) is 0.908. The molecule has 0 saturated heterocycles. The Labute approximate surface area is 605 Å². The van der Waals surface area contributed by atoms with Crippen molar-refractivity contribution in [1.29, 1.82) is 0 Å². The Morgan fingerprint density at radius 3 is 0.825 bits per heavy atom. The molecule has 10 heteroatoms. The van der Waals surface area contributed by atoms with Crippen molar-refractivity contribution in [3.8, 4) is 0 Å². The van der Waals surface area contributed by atoms with Crippen LogP contribution in [0, 0.1) is 0 Å². The quantitative estimate of drug-likeness (QED) is 0.0211. The number of likely N-dealkylation sites (N-methyl/N-ethyl adjacent to an activating group) is 1. The summed E-state index contributed by atoms with van der Waals surface area (Å²) in [5, 5.41) is 0. The minimum Gasteiger partial charge on any atom is -0.462 e. The molecule has 1 N–H and O–H groups in total. The van der Waals surface area contributed by atoms with Crippen LogP contribution in [-0.2, 0) is 32.7 Å². The van der Waals surface area contributed by atoms with Crippen molar-refractivity contribution in [1.82, 2.24) is 0 Å². The van der Waals surface area contributed by atoms with E-state index in [1.54, 1.807) is 0 Å². The lowest BCUT2D eigenvalue weighted by atomic mass is 10.0. The summed E-state index contributed by atoms with van der Waals surface area (Å²) in [5.41, 5.74) is 0. The van der Waals surface area contributed by atoms with Crippen molar-refractivity contribution >= 4 is 19.8 Å². The Morgan fingerprint density at radius 2 is 0.557 bits per heavy atom. The Bertz CT molecular complexity index is 1730. The highest BCUT2D eigenvalue weighted by Gasteiger charge is 2.27. The number of hydrogen-bond donors (Lipinski definition) is 1. The molecule has 0 aromatic carbocycles. The maximum atomic E-state index is 12.9. The third-order valence-electron chi connectivity index (χ3n) is 19.9. The number of nitrogens with zero attached hydrogens (tertiary/aromatic N) is 1.